The number of carbonyl (C=O) groups is 1. The first-order chi connectivity index (χ1) is 19.7. The van der Waals surface area contributed by atoms with E-state index in [0.717, 1.165) is 28.7 Å². The van der Waals surface area contributed by atoms with Gasteiger partial charge in [-0.05, 0) is 66.5 Å². The number of fused-ring (bicyclic) bond motifs is 2. The number of aryl methyl sites for hydroxylation is 1. The summed E-state index contributed by atoms with van der Waals surface area (Å²) in [6.07, 6.45) is -2.51. The molecule has 2 heterocycles. The number of nitrogens with zero attached hydrogens (tertiary/aromatic N) is 1. The van der Waals surface area contributed by atoms with Crippen molar-refractivity contribution in [1.29, 1.82) is 0 Å². The fourth-order valence-corrected chi connectivity index (χ4v) is 6.01. The van der Waals surface area contributed by atoms with Crippen molar-refractivity contribution in [3.8, 4) is 33.9 Å². The molecule has 6 rings (SSSR count). The van der Waals surface area contributed by atoms with Crippen molar-refractivity contribution in [3.63, 3.8) is 0 Å². The molecule has 0 saturated heterocycles. The lowest BCUT2D eigenvalue weighted by Gasteiger charge is -2.19. The third-order valence-electron chi connectivity index (χ3n) is 7.96. The molecule has 0 spiro atoms. The van der Waals surface area contributed by atoms with Crippen LogP contribution in [0.4, 0.5) is 13.2 Å². The van der Waals surface area contributed by atoms with E-state index >= 15 is 0 Å². The number of benzene rings is 3. The lowest BCUT2D eigenvalue weighted by atomic mass is 9.89. The maximum Gasteiger partial charge on any atom is 0.417 e. The highest BCUT2D eigenvalue weighted by molar-refractivity contribution is 5.76. The Bertz CT molecular complexity index is 1590. The Morgan fingerprint density at radius 2 is 1.78 bits per heavy atom. The van der Waals surface area contributed by atoms with Gasteiger partial charge in [0.2, 0.25) is 0 Å². The molecule has 1 N–H and O–H groups in total. The van der Waals surface area contributed by atoms with Crippen LogP contribution >= 0.6 is 0 Å². The summed E-state index contributed by atoms with van der Waals surface area (Å²) >= 11 is 0. The van der Waals surface area contributed by atoms with Gasteiger partial charge in [-0.25, -0.2) is 0 Å². The molecule has 2 atom stereocenters. The standard InChI is InChI=1S/C32H28F3NO5/c1-18-14-28(36-41-18)20-2-4-21(5-3-20)31-26-8-6-19(24(26)10-11-27(31)32(33,34)35)12-13-39-23-7-9-25-22(15-30(37)38)17-40-29(25)16-23/h2-5,7,9-11,14,16,19,22H,6,8,12-13,15,17H2,1H3,(H,37,38). The molecule has 1 aliphatic carbocycles. The SMILES string of the molecule is Cc1cc(-c2ccc(-c3c(C(F)(F)F)ccc4c3CCC4CCOc3ccc4c(c3)OCC4CC(=O)O)cc2)no1. The Morgan fingerprint density at radius 1 is 1.02 bits per heavy atom. The molecule has 0 amide bonds. The maximum absolute atomic E-state index is 14.1. The van der Waals surface area contributed by atoms with E-state index in [1.807, 2.05) is 12.1 Å². The van der Waals surface area contributed by atoms with Gasteiger partial charge in [0.15, 0.2) is 0 Å². The minimum atomic E-state index is -4.48. The quantitative estimate of drug-likeness (QED) is 0.236. The maximum atomic E-state index is 14.1. The average Bonchev–Trinajstić information content (AvgIpc) is 3.66. The summed E-state index contributed by atoms with van der Waals surface area (Å²) in [7, 11) is 0. The predicted molar refractivity (Wildman–Crippen MR) is 145 cm³/mol. The first kappa shape index (κ1) is 26.9. The van der Waals surface area contributed by atoms with Crippen LogP contribution in [0.5, 0.6) is 11.5 Å². The van der Waals surface area contributed by atoms with Gasteiger partial charge in [0, 0.05) is 29.2 Å². The van der Waals surface area contributed by atoms with Crippen LogP contribution in [0.1, 0.15) is 59.1 Å². The highest BCUT2D eigenvalue weighted by atomic mass is 19.4. The van der Waals surface area contributed by atoms with E-state index in [4.69, 9.17) is 19.1 Å². The summed E-state index contributed by atoms with van der Waals surface area (Å²) in [4.78, 5) is 11.1. The summed E-state index contributed by atoms with van der Waals surface area (Å²) in [6, 6.07) is 17.0. The number of alkyl halides is 3. The van der Waals surface area contributed by atoms with Crippen LogP contribution in [-0.2, 0) is 17.4 Å². The third kappa shape index (κ3) is 5.40. The summed E-state index contributed by atoms with van der Waals surface area (Å²) < 4.78 is 59.2. The van der Waals surface area contributed by atoms with Gasteiger partial charge >= 0.3 is 12.1 Å². The zero-order valence-electron chi connectivity index (χ0n) is 22.3. The van der Waals surface area contributed by atoms with E-state index in [9.17, 15) is 18.0 Å². The Labute approximate surface area is 234 Å². The van der Waals surface area contributed by atoms with Crippen LogP contribution in [0.25, 0.3) is 22.4 Å². The Kier molecular flexibility index (Phi) is 6.97. The monoisotopic (exact) mass is 563 g/mol. The predicted octanol–water partition coefficient (Wildman–Crippen LogP) is 7.79. The lowest BCUT2D eigenvalue weighted by Crippen LogP contribution is -2.10. The summed E-state index contributed by atoms with van der Waals surface area (Å²) in [6.45, 7) is 2.51. The van der Waals surface area contributed by atoms with Crippen LogP contribution in [0, 0.1) is 6.92 Å². The number of ether oxygens (including phenoxy) is 2. The van der Waals surface area contributed by atoms with Gasteiger partial charge in [-0.2, -0.15) is 13.2 Å². The van der Waals surface area contributed by atoms with Gasteiger partial charge in [-0.3, -0.25) is 4.79 Å². The molecule has 4 aromatic rings. The average molecular weight is 564 g/mol. The molecule has 0 fully saturated rings. The van der Waals surface area contributed by atoms with Crippen molar-refractivity contribution >= 4 is 5.97 Å². The first-order valence-corrected chi connectivity index (χ1v) is 13.6. The second-order valence-corrected chi connectivity index (χ2v) is 10.6. The molecular weight excluding hydrogens is 535 g/mol. The molecule has 1 aromatic heterocycles. The Hall–Kier alpha value is -4.27. The van der Waals surface area contributed by atoms with Crippen LogP contribution in [0.2, 0.25) is 0 Å². The highest BCUT2D eigenvalue weighted by Crippen LogP contribution is 2.47. The number of aliphatic carboxylic acids is 1. The van der Waals surface area contributed by atoms with Gasteiger partial charge in [0.25, 0.3) is 0 Å². The molecule has 41 heavy (non-hydrogen) atoms. The Balaban J connectivity index is 1.20. The molecule has 0 radical (unpaired) electrons. The largest absolute Gasteiger partial charge is 0.493 e. The minimum Gasteiger partial charge on any atom is -0.493 e. The fraction of sp³-hybridized carbons (Fsp3) is 0.312. The Morgan fingerprint density at radius 3 is 2.49 bits per heavy atom. The molecular formula is C32H28F3NO5. The number of halogens is 3. The number of hydrogen-bond donors (Lipinski definition) is 1. The normalized spacial score (nSPS) is 17.7. The van der Waals surface area contributed by atoms with Crippen molar-refractivity contribution in [3.05, 3.63) is 88.7 Å². The number of hydrogen-bond acceptors (Lipinski definition) is 5. The van der Waals surface area contributed by atoms with E-state index < -0.39 is 17.7 Å². The zero-order valence-corrected chi connectivity index (χ0v) is 22.3. The molecule has 3 aromatic carbocycles. The molecule has 9 heteroatoms. The third-order valence-corrected chi connectivity index (χ3v) is 7.96. The van der Waals surface area contributed by atoms with Gasteiger partial charge in [0.05, 0.1) is 25.2 Å². The van der Waals surface area contributed by atoms with E-state index in [2.05, 4.69) is 5.16 Å². The van der Waals surface area contributed by atoms with E-state index in [-0.39, 0.29) is 23.8 Å². The molecule has 0 bridgehead atoms. The second kappa shape index (κ2) is 10.6. The van der Waals surface area contributed by atoms with E-state index in [1.54, 1.807) is 49.4 Å². The summed E-state index contributed by atoms with van der Waals surface area (Å²) in [5.74, 6) is 0.947. The summed E-state index contributed by atoms with van der Waals surface area (Å²) in [5.41, 5.74) is 4.09. The number of carboxylic acids is 1. The van der Waals surface area contributed by atoms with Crippen molar-refractivity contribution in [2.45, 2.75) is 50.6 Å². The molecule has 212 valence electrons. The van der Waals surface area contributed by atoms with Crippen LogP contribution < -0.4 is 9.47 Å². The van der Waals surface area contributed by atoms with E-state index in [1.165, 1.54) is 6.07 Å². The van der Waals surface area contributed by atoms with Crippen molar-refractivity contribution in [2.75, 3.05) is 13.2 Å². The van der Waals surface area contributed by atoms with Gasteiger partial charge < -0.3 is 19.1 Å². The van der Waals surface area contributed by atoms with Crippen LogP contribution in [0.3, 0.4) is 0 Å². The van der Waals surface area contributed by atoms with Crippen molar-refractivity contribution in [2.24, 2.45) is 0 Å². The summed E-state index contributed by atoms with van der Waals surface area (Å²) in [5, 5.41) is 13.1. The number of aromatic nitrogens is 1. The van der Waals surface area contributed by atoms with E-state index in [0.29, 0.717) is 54.6 Å². The number of rotatable bonds is 8. The molecule has 2 aliphatic rings. The lowest BCUT2D eigenvalue weighted by molar-refractivity contribution is -0.138. The van der Waals surface area contributed by atoms with Crippen LogP contribution in [0.15, 0.2) is 65.2 Å². The topological polar surface area (TPSA) is 81.8 Å². The fourth-order valence-electron chi connectivity index (χ4n) is 6.01. The molecule has 2 unspecified atom stereocenters. The number of carboxylic acid groups (broad SMARTS) is 1. The highest BCUT2D eigenvalue weighted by Gasteiger charge is 2.37. The van der Waals surface area contributed by atoms with Gasteiger partial charge in [-0.1, -0.05) is 41.6 Å². The smallest absolute Gasteiger partial charge is 0.417 e. The van der Waals surface area contributed by atoms with Gasteiger partial charge in [-0.15, -0.1) is 0 Å². The second-order valence-electron chi connectivity index (χ2n) is 10.6. The molecule has 0 saturated carbocycles. The van der Waals surface area contributed by atoms with Crippen molar-refractivity contribution in [1.82, 2.24) is 5.16 Å². The van der Waals surface area contributed by atoms with Crippen LogP contribution in [-0.4, -0.2) is 29.4 Å². The first-order valence-electron chi connectivity index (χ1n) is 13.6. The molecule has 6 nitrogen and oxygen atoms in total. The molecule has 1 aliphatic heterocycles. The van der Waals surface area contributed by atoms with Gasteiger partial charge in [0.1, 0.15) is 23.0 Å². The minimum absolute atomic E-state index is 0.0117. The van der Waals surface area contributed by atoms with Crippen molar-refractivity contribution < 1.29 is 37.1 Å². The zero-order chi connectivity index (χ0) is 28.7.